The Bertz CT molecular complexity index is 939. The Morgan fingerprint density at radius 2 is 2.14 bits per heavy atom. The molecular weight excluding hydrogens is 382 g/mol. The van der Waals surface area contributed by atoms with Crippen LogP contribution in [0.15, 0.2) is 22.6 Å². The molecule has 2 aliphatic heterocycles. The lowest BCUT2D eigenvalue weighted by atomic mass is 9.74. The van der Waals surface area contributed by atoms with Crippen molar-refractivity contribution in [1.82, 2.24) is 5.32 Å². The first kappa shape index (κ1) is 20.3. The maximum absolute atomic E-state index is 12.9. The Kier molecular flexibility index (Phi) is 5.47. The number of amides is 1. The Labute approximate surface area is 164 Å². The summed E-state index contributed by atoms with van der Waals surface area (Å²) in [5.74, 6) is -0.432. The molecule has 0 aromatic heterocycles. The second kappa shape index (κ2) is 7.54. The van der Waals surface area contributed by atoms with E-state index in [0.717, 1.165) is 0 Å². The number of Topliss-reactive ketones (excluding diaryl/α,β-unsaturated/α-hetero) is 1. The number of nitrogens with zero attached hydrogens (tertiary/aromatic N) is 1. The molecular formula is C19H25N3O5S. The number of ketones is 1. The van der Waals surface area contributed by atoms with Crippen molar-refractivity contribution >= 4 is 27.5 Å². The zero-order valence-corrected chi connectivity index (χ0v) is 16.8. The molecule has 1 saturated heterocycles. The number of benzene rings is 1. The van der Waals surface area contributed by atoms with Gasteiger partial charge in [0.15, 0.2) is 5.78 Å². The van der Waals surface area contributed by atoms with Crippen molar-refractivity contribution < 1.29 is 22.7 Å². The Balaban J connectivity index is 1.91. The highest BCUT2D eigenvalue weighted by atomic mass is 32.2. The van der Waals surface area contributed by atoms with Crippen LogP contribution in [0, 0.1) is 11.3 Å². The van der Waals surface area contributed by atoms with E-state index in [1.165, 1.54) is 0 Å². The summed E-state index contributed by atoms with van der Waals surface area (Å²) < 4.78 is 33.1. The van der Waals surface area contributed by atoms with E-state index in [9.17, 15) is 18.0 Å². The number of rotatable bonds is 6. The third-order valence-electron chi connectivity index (χ3n) is 5.05. The van der Waals surface area contributed by atoms with Crippen molar-refractivity contribution in [2.24, 2.45) is 21.5 Å². The second-order valence-corrected chi connectivity index (χ2v) is 9.38. The summed E-state index contributed by atoms with van der Waals surface area (Å²) in [6.45, 7) is 4.27. The molecule has 0 spiro atoms. The number of piperidine rings is 1. The molecule has 0 aliphatic carbocycles. The zero-order chi connectivity index (χ0) is 20.5. The molecule has 3 rings (SSSR count). The molecule has 1 fully saturated rings. The highest BCUT2D eigenvalue weighted by molar-refractivity contribution is 7.89. The number of nitrogens with two attached hydrogens (primary N) is 1. The van der Waals surface area contributed by atoms with E-state index in [1.807, 2.05) is 13.8 Å². The summed E-state index contributed by atoms with van der Waals surface area (Å²) in [5, 5.41) is 2.78. The summed E-state index contributed by atoms with van der Waals surface area (Å²) in [5.41, 5.74) is 5.50. The lowest BCUT2D eigenvalue weighted by Gasteiger charge is -2.35. The molecule has 8 nitrogen and oxygen atoms in total. The van der Waals surface area contributed by atoms with Gasteiger partial charge >= 0.3 is 0 Å². The predicted octanol–water partition coefficient (Wildman–Crippen LogP) is 1.13. The third-order valence-corrected chi connectivity index (χ3v) is 6.20. The predicted molar refractivity (Wildman–Crippen MR) is 104 cm³/mol. The third kappa shape index (κ3) is 3.89. The number of nitrogens with one attached hydrogen (secondary N) is 1. The highest BCUT2D eigenvalue weighted by Gasteiger charge is 2.47. The molecule has 1 atom stereocenters. The van der Waals surface area contributed by atoms with E-state index < -0.39 is 15.4 Å². The molecule has 3 N–H and O–H groups in total. The number of fused-ring (bicyclic) bond motifs is 1. The molecule has 152 valence electrons. The van der Waals surface area contributed by atoms with Gasteiger partial charge in [0.25, 0.3) is 10.0 Å². The molecule has 2 heterocycles. The average molecular weight is 407 g/mol. The van der Waals surface area contributed by atoms with Crippen LogP contribution in [0.1, 0.15) is 44.2 Å². The first-order chi connectivity index (χ1) is 13.1. The van der Waals surface area contributed by atoms with Gasteiger partial charge in [-0.25, -0.2) is 8.42 Å². The lowest BCUT2D eigenvalue weighted by Crippen LogP contribution is -2.54. The fourth-order valence-electron chi connectivity index (χ4n) is 3.66. The Hall–Kier alpha value is -2.42. The van der Waals surface area contributed by atoms with Gasteiger partial charge in [-0.05, 0) is 30.4 Å². The number of amidine groups is 1. The summed E-state index contributed by atoms with van der Waals surface area (Å²) in [6, 6.07) is 4.95. The van der Waals surface area contributed by atoms with Crippen LogP contribution in [0.2, 0.25) is 0 Å². The fraction of sp³-hybridized carbons (Fsp3) is 0.526. The number of ether oxygens (including phenoxy) is 1. The normalized spacial score (nSPS) is 23.5. The number of carbonyl (C=O) groups excluding carboxylic acids is 2. The fourth-order valence-corrected chi connectivity index (χ4v) is 4.75. The monoisotopic (exact) mass is 407 g/mol. The smallest absolute Gasteiger partial charge is 0.259 e. The topological polar surface area (TPSA) is 128 Å². The van der Waals surface area contributed by atoms with Gasteiger partial charge in [-0.3, -0.25) is 9.59 Å². The van der Waals surface area contributed by atoms with Gasteiger partial charge in [-0.1, -0.05) is 26.0 Å². The quantitative estimate of drug-likeness (QED) is 0.680. The largest absolute Gasteiger partial charge is 0.491 e. The van der Waals surface area contributed by atoms with E-state index in [0.29, 0.717) is 36.3 Å². The van der Waals surface area contributed by atoms with Gasteiger partial charge in [0, 0.05) is 13.0 Å². The van der Waals surface area contributed by atoms with Crippen molar-refractivity contribution in [2.75, 3.05) is 13.2 Å². The summed E-state index contributed by atoms with van der Waals surface area (Å²) in [4.78, 5) is 25.6. The average Bonchev–Trinajstić information content (AvgIpc) is 2.59. The van der Waals surface area contributed by atoms with E-state index >= 15 is 0 Å². The van der Waals surface area contributed by atoms with Crippen LogP contribution in [0.5, 0.6) is 5.75 Å². The van der Waals surface area contributed by atoms with Crippen LogP contribution in [0.25, 0.3) is 0 Å². The molecule has 1 amide bonds. The van der Waals surface area contributed by atoms with Crippen molar-refractivity contribution in [3.63, 3.8) is 0 Å². The van der Waals surface area contributed by atoms with Crippen LogP contribution in [-0.2, 0) is 25.4 Å². The molecule has 28 heavy (non-hydrogen) atoms. The minimum absolute atomic E-state index is 0.122. The molecule has 9 heteroatoms. The number of sulfonamides is 1. The summed E-state index contributed by atoms with van der Waals surface area (Å²) in [7, 11) is -3.66. The van der Waals surface area contributed by atoms with E-state index in [-0.39, 0.29) is 42.2 Å². The maximum atomic E-state index is 12.9. The molecule has 0 saturated carbocycles. The Morgan fingerprint density at radius 1 is 1.39 bits per heavy atom. The zero-order valence-electron chi connectivity index (χ0n) is 16.0. The highest BCUT2D eigenvalue weighted by Crippen LogP contribution is 2.34. The van der Waals surface area contributed by atoms with Gasteiger partial charge in [-0.2, -0.15) is 0 Å². The van der Waals surface area contributed by atoms with E-state index in [4.69, 9.17) is 10.5 Å². The van der Waals surface area contributed by atoms with E-state index in [1.54, 1.807) is 18.2 Å². The van der Waals surface area contributed by atoms with Crippen LogP contribution in [0.3, 0.4) is 0 Å². The number of hydrogen-bond donors (Lipinski definition) is 2. The molecule has 1 unspecified atom stereocenters. The maximum Gasteiger partial charge on any atom is 0.259 e. The van der Waals surface area contributed by atoms with Gasteiger partial charge in [0.05, 0.1) is 11.3 Å². The SMILES string of the molecule is CC(C)CC(=O)C1(COc2cccc3c2C(N)=NS(=O)(=O)C3)CCCNC1=O. The summed E-state index contributed by atoms with van der Waals surface area (Å²) in [6.07, 6.45) is 1.39. The van der Waals surface area contributed by atoms with Crippen LogP contribution >= 0.6 is 0 Å². The molecule has 0 bridgehead atoms. The van der Waals surface area contributed by atoms with Crippen LogP contribution < -0.4 is 15.8 Å². The Morgan fingerprint density at radius 3 is 2.82 bits per heavy atom. The first-order valence-corrected chi connectivity index (χ1v) is 10.9. The van der Waals surface area contributed by atoms with Crippen molar-refractivity contribution in [1.29, 1.82) is 0 Å². The van der Waals surface area contributed by atoms with Crippen LogP contribution in [-0.4, -0.2) is 39.1 Å². The minimum atomic E-state index is -3.66. The molecule has 2 aliphatic rings. The number of hydrogen-bond acceptors (Lipinski definition) is 6. The first-order valence-electron chi connectivity index (χ1n) is 9.29. The van der Waals surface area contributed by atoms with E-state index in [2.05, 4.69) is 9.71 Å². The molecule has 1 aromatic rings. The molecule has 1 aromatic carbocycles. The molecule has 0 radical (unpaired) electrons. The van der Waals surface area contributed by atoms with Gasteiger partial charge in [0.2, 0.25) is 5.91 Å². The van der Waals surface area contributed by atoms with Crippen molar-refractivity contribution in [3.05, 3.63) is 29.3 Å². The lowest BCUT2D eigenvalue weighted by molar-refractivity contribution is -0.147. The van der Waals surface area contributed by atoms with Gasteiger partial charge in [0.1, 0.15) is 23.6 Å². The standard InChI is InChI=1S/C19H25N3O5S/c1-12(2)9-15(23)19(7-4-8-21-18(19)24)11-27-14-6-3-5-13-10-28(25,26)22-17(20)16(13)14/h3,5-6,12H,4,7-11H2,1-2H3,(H2,20,22)(H,21,24). The van der Waals surface area contributed by atoms with Crippen molar-refractivity contribution in [2.45, 2.75) is 38.9 Å². The van der Waals surface area contributed by atoms with Gasteiger partial charge < -0.3 is 15.8 Å². The number of carbonyl (C=O) groups is 2. The second-order valence-electron chi connectivity index (χ2n) is 7.74. The minimum Gasteiger partial charge on any atom is -0.491 e. The van der Waals surface area contributed by atoms with Crippen LogP contribution in [0.4, 0.5) is 0 Å². The van der Waals surface area contributed by atoms with Gasteiger partial charge in [-0.15, -0.1) is 4.40 Å². The summed E-state index contributed by atoms with van der Waals surface area (Å²) >= 11 is 0. The van der Waals surface area contributed by atoms with Crippen molar-refractivity contribution in [3.8, 4) is 5.75 Å².